The monoisotopic (exact) mass is 456 g/mol. The van der Waals surface area contributed by atoms with Gasteiger partial charge in [-0.15, -0.1) is 0 Å². The zero-order chi connectivity index (χ0) is 23.9. The molecule has 0 aromatic heterocycles. The van der Waals surface area contributed by atoms with E-state index in [2.05, 4.69) is 95.5 Å². The van der Waals surface area contributed by atoms with E-state index in [1.54, 1.807) is 0 Å². The molecule has 1 aliphatic heterocycles. The van der Waals surface area contributed by atoms with Crippen LogP contribution >= 0.6 is 0 Å². The van der Waals surface area contributed by atoms with E-state index in [4.69, 9.17) is 9.16 Å². The Morgan fingerprint density at radius 3 is 2.22 bits per heavy atom. The van der Waals surface area contributed by atoms with E-state index in [0.717, 1.165) is 32.1 Å². The van der Waals surface area contributed by atoms with Crippen LogP contribution in [-0.4, -0.2) is 26.5 Å². The first-order chi connectivity index (χ1) is 15.2. The Balaban J connectivity index is 2.38. The fraction of sp³-hybridized carbons (Fsp3) is 0.536. The highest BCUT2D eigenvalue weighted by molar-refractivity contribution is 6.74. The second kappa shape index (κ2) is 15.0. The van der Waals surface area contributed by atoms with Gasteiger partial charge in [-0.25, -0.2) is 0 Å². The Hall–Kier alpha value is -1.91. The predicted molar refractivity (Wildman–Crippen MR) is 140 cm³/mol. The van der Waals surface area contributed by atoms with Gasteiger partial charge in [-0.05, 0) is 56.3 Å². The molecule has 32 heavy (non-hydrogen) atoms. The molecular formula is C28H44O3Si. The van der Waals surface area contributed by atoms with Crippen molar-refractivity contribution in [1.82, 2.24) is 0 Å². The van der Waals surface area contributed by atoms with Gasteiger partial charge in [0.15, 0.2) is 8.32 Å². The Morgan fingerprint density at radius 1 is 1.00 bits per heavy atom. The van der Waals surface area contributed by atoms with Gasteiger partial charge in [0.1, 0.15) is 6.10 Å². The number of esters is 1. The Bertz CT molecular complexity index is 717. The smallest absolute Gasteiger partial charge is 0.306 e. The lowest BCUT2D eigenvalue weighted by Crippen LogP contribution is -2.43. The van der Waals surface area contributed by atoms with Gasteiger partial charge in [0.2, 0.25) is 0 Å². The lowest BCUT2D eigenvalue weighted by atomic mass is 10.2. The summed E-state index contributed by atoms with van der Waals surface area (Å²) in [5, 5.41) is 0.210. The number of carbonyl (C=O) groups is 1. The lowest BCUT2D eigenvalue weighted by Gasteiger charge is -2.38. The molecule has 2 atom stereocenters. The molecule has 1 heterocycles. The number of hydrogen-bond donors (Lipinski definition) is 0. The molecule has 0 aromatic carbocycles. The molecule has 0 radical (unpaired) electrons. The molecule has 1 fully saturated rings. The fourth-order valence-electron chi connectivity index (χ4n) is 2.84. The van der Waals surface area contributed by atoms with Gasteiger partial charge in [0.05, 0.1) is 6.10 Å². The van der Waals surface area contributed by atoms with Crippen LogP contribution < -0.4 is 0 Å². The molecule has 0 aromatic rings. The van der Waals surface area contributed by atoms with Crippen LogP contribution in [0.15, 0.2) is 72.9 Å². The van der Waals surface area contributed by atoms with Gasteiger partial charge in [0, 0.05) is 6.42 Å². The predicted octanol–water partition coefficient (Wildman–Crippen LogP) is 8.00. The summed E-state index contributed by atoms with van der Waals surface area (Å²) in [5.74, 6) is -0.0959. The first-order valence-electron chi connectivity index (χ1n) is 12.0. The van der Waals surface area contributed by atoms with Gasteiger partial charge >= 0.3 is 5.97 Å². The summed E-state index contributed by atoms with van der Waals surface area (Å²) in [6, 6.07) is 0. The van der Waals surface area contributed by atoms with Gasteiger partial charge in [-0.3, -0.25) is 4.79 Å². The molecule has 4 heteroatoms. The van der Waals surface area contributed by atoms with Crippen LogP contribution in [0, 0.1) is 0 Å². The third-order valence-electron chi connectivity index (χ3n) is 5.80. The molecule has 1 rings (SSSR count). The van der Waals surface area contributed by atoms with E-state index in [9.17, 15) is 4.79 Å². The van der Waals surface area contributed by atoms with Crippen molar-refractivity contribution in [3.8, 4) is 0 Å². The van der Waals surface area contributed by atoms with Crippen LogP contribution in [0.5, 0.6) is 0 Å². The molecular weight excluding hydrogens is 412 g/mol. The maximum Gasteiger partial charge on any atom is 0.306 e. The zero-order valence-corrected chi connectivity index (χ0v) is 22.1. The van der Waals surface area contributed by atoms with Gasteiger partial charge in [0.25, 0.3) is 0 Å². The first kappa shape index (κ1) is 28.1. The van der Waals surface area contributed by atoms with E-state index >= 15 is 0 Å². The van der Waals surface area contributed by atoms with E-state index in [0.29, 0.717) is 6.42 Å². The maximum absolute atomic E-state index is 11.0. The zero-order valence-electron chi connectivity index (χ0n) is 21.1. The standard InChI is InChI=1S/C28H44O3Si/c1-7-8-17-21-26(31-32(5,6)28(2,3)4)22-19-16-14-12-10-9-11-13-15-18-20-25-23-24-27(29)30-25/h8-10,13-20,22,25-26H,7,11-12,21,23-24H2,1-6H3/b10-9-,15-13-,16-14-,17-8-,20-18+,22-19+/t25-,26+/m1/s1. The number of cyclic esters (lactones) is 1. The average Bonchev–Trinajstić information content (AvgIpc) is 3.12. The summed E-state index contributed by atoms with van der Waals surface area (Å²) in [7, 11) is -1.79. The summed E-state index contributed by atoms with van der Waals surface area (Å²) in [6.07, 6.45) is 30.6. The normalized spacial score (nSPS) is 19.7. The van der Waals surface area contributed by atoms with Crippen molar-refractivity contribution < 1.29 is 14.0 Å². The minimum Gasteiger partial charge on any atom is -0.458 e. The van der Waals surface area contributed by atoms with Crippen molar-refractivity contribution in [3.05, 3.63) is 72.9 Å². The molecule has 0 bridgehead atoms. The number of allylic oxidation sites excluding steroid dienone is 9. The highest BCUT2D eigenvalue weighted by Crippen LogP contribution is 2.37. The molecule has 0 unspecified atom stereocenters. The van der Waals surface area contributed by atoms with Crippen LogP contribution in [0.25, 0.3) is 0 Å². The topological polar surface area (TPSA) is 35.5 Å². The second-order valence-corrected chi connectivity index (χ2v) is 14.4. The third kappa shape index (κ3) is 12.2. The van der Waals surface area contributed by atoms with Crippen LogP contribution in [0.3, 0.4) is 0 Å². The molecule has 0 aliphatic carbocycles. The summed E-state index contributed by atoms with van der Waals surface area (Å²) in [6.45, 7) is 13.6. The van der Waals surface area contributed by atoms with Crippen molar-refractivity contribution in [2.24, 2.45) is 0 Å². The van der Waals surface area contributed by atoms with E-state index in [-0.39, 0.29) is 23.2 Å². The number of ether oxygens (including phenoxy) is 1. The molecule has 0 amide bonds. The van der Waals surface area contributed by atoms with Crippen molar-refractivity contribution in [3.63, 3.8) is 0 Å². The van der Waals surface area contributed by atoms with Crippen LogP contribution in [0.2, 0.25) is 18.1 Å². The van der Waals surface area contributed by atoms with E-state index in [1.807, 2.05) is 18.2 Å². The fourth-order valence-corrected chi connectivity index (χ4v) is 4.13. The highest BCUT2D eigenvalue weighted by atomic mass is 28.4. The maximum atomic E-state index is 11.0. The van der Waals surface area contributed by atoms with Gasteiger partial charge in [-0.1, -0.05) is 94.5 Å². The first-order valence-corrected chi connectivity index (χ1v) is 14.9. The van der Waals surface area contributed by atoms with Crippen LogP contribution in [0.4, 0.5) is 0 Å². The summed E-state index contributed by atoms with van der Waals surface area (Å²) >= 11 is 0. The quantitative estimate of drug-likeness (QED) is 0.122. The van der Waals surface area contributed by atoms with Crippen molar-refractivity contribution in [1.29, 1.82) is 0 Å². The average molecular weight is 457 g/mol. The van der Waals surface area contributed by atoms with Crippen molar-refractivity contribution in [2.75, 3.05) is 0 Å². The molecule has 0 saturated carbocycles. The highest BCUT2D eigenvalue weighted by Gasteiger charge is 2.38. The Kier molecular flexibility index (Phi) is 13.2. The van der Waals surface area contributed by atoms with Gasteiger partial charge in [-0.2, -0.15) is 0 Å². The second-order valence-electron chi connectivity index (χ2n) is 9.67. The molecule has 0 N–H and O–H groups in total. The molecule has 178 valence electrons. The van der Waals surface area contributed by atoms with Crippen molar-refractivity contribution in [2.45, 2.75) is 96.6 Å². The Morgan fingerprint density at radius 2 is 1.66 bits per heavy atom. The van der Waals surface area contributed by atoms with Crippen LogP contribution in [0.1, 0.15) is 66.2 Å². The minimum atomic E-state index is -1.79. The van der Waals surface area contributed by atoms with Crippen LogP contribution in [-0.2, 0) is 14.0 Å². The third-order valence-corrected chi connectivity index (χ3v) is 10.3. The van der Waals surface area contributed by atoms with Gasteiger partial charge < -0.3 is 9.16 Å². The molecule has 0 spiro atoms. The number of rotatable bonds is 13. The molecule has 1 saturated heterocycles. The SMILES string of the molecule is CC/C=C\C[C@@H](/C=C/C=C\C/C=C\C/C=C\C=C\[C@@H]1CCC(=O)O1)O[Si](C)(C)C(C)(C)C. The van der Waals surface area contributed by atoms with E-state index in [1.165, 1.54) is 0 Å². The minimum absolute atomic E-state index is 0.0459. The molecule has 1 aliphatic rings. The number of carbonyl (C=O) groups excluding carboxylic acids is 1. The largest absolute Gasteiger partial charge is 0.458 e. The van der Waals surface area contributed by atoms with E-state index < -0.39 is 8.32 Å². The Labute approximate surface area is 197 Å². The summed E-state index contributed by atoms with van der Waals surface area (Å²) in [4.78, 5) is 11.0. The summed E-state index contributed by atoms with van der Waals surface area (Å²) in [5.41, 5.74) is 0. The molecule has 3 nitrogen and oxygen atoms in total. The lowest BCUT2D eigenvalue weighted by molar-refractivity contribution is -0.139. The van der Waals surface area contributed by atoms with Crippen molar-refractivity contribution >= 4 is 14.3 Å². The number of hydrogen-bond acceptors (Lipinski definition) is 3. The summed E-state index contributed by atoms with van der Waals surface area (Å²) < 4.78 is 11.7.